The molecule has 0 amide bonds. The highest BCUT2D eigenvalue weighted by atomic mass is 16.6. The van der Waals surface area contributed by atoms with Gasteiger partial charge in [0.05, 0.1) is 23.8 Å². The zero-order valence-corrected chi connectivity index (χ0v) is 9.66. The maximum absolute atomic E-state index is 10.8. The Morgan fingerprint density at radius 2 is 2.06 bits per heavy atom. The van der Waals surface area contributed by atoms with Gasteiger partial charge in [-0.1, -0.05) is 12.1 Å². The van der Waals surface area contributed by atoms with Gasteiger partial charge in [-0.15, -0.1) is 0 Å². The molecular weight excluding hydrogens is 234 g/mol. The molecule has 2 N–H and O–H groups in total. The second-order valence-corrected chi connectivity index (χ2v) is 3.59. The van der Waals surface area contributed by atoms with Gasteiger partial charge >= 0.3 is 0 Å². The molecule has 2 rings (SSSR count). The Balaban J connectivity index is 2.60. The Labute approximate surface area is 103 Å². The molecule has 0 spiro atoms. The minimum Gasteiger partial charge on any atom is -0.496 e. The van der Waals surface area contributed by atoms with Crippen LogP contribution in [0.4, 0.5) is 11.5 Å². The van der Waals surface area contributed by atoms with E-state index in [0.717, 1.165) is 0 Å². The largest absolute Gasteiger partial charge is 0.496 e. The fourth-order valence-electron chi connectivity index (χ4n) is 1.64. The van der Waals surface area contributed by atoms with Gasteiger partial charge in [0.25, 0.3) is 5.69 Å². The molecule has 1 aromatic carbocycles. The van der Waals surface area contributed by atoms with Crippen LogP contribution in [0.5, 0.6) is 5.75 Å². The highest BCUT2D eigenvalue weighted by molar-refractivity contribution is 5.70. The van der Waals surface area contributed by atoms with Gasteiger partial charge in [-0.05, 0) is 12.1 Å². The molecule has 6 nitrogen and oxygen atoms in total. The summed E-state index contributed by atoms with van der Waals surface area (Å²) in [4.78, 5) is 14.4. The number of methoxy groups -OCH3 is 1. The van der Waals surface area contributed by atoms with Gasteiger partial charge in [-0.25, -0.2) is 4.98 Å². The van der Waals surface area contributed by atoms with Gasteiger partial charge < -0.3 is 10.5 Å². The average molecular weight is 245 g/mol. The van der Waals surface area contributed by atoms with Crippen LogP contribution in [0.3, 0.4) is 0 Å². The number of nitrogens with two attached hydrogens (primary N) is 1. The van der Waals surface area contributed by atoms with Crippen molar-refractivity contribution in [3.8, 4) is 17.0 Å². The summed E-state index contributed by atoms with van der Waals surface area (Å²) in [6.45, 7) is 0. The second-order valence-electron chi connectivity index (χ2n) is 3.59. The number of nitrogen functional groups attached to an aromatic ring is 1. The van der Waals surface area contributed by atoms with Gasteiger partial charge in [0.1, 0.15) is 11.6 Å². The maximum Gasteiger partial charge on any atom is 0.275 e. The van der Waals surface area contributed by atoms with Crippen LogP contribution in [-0.2, 0) is 0 Å². The third kappa shape index (κ3) is 2.22. The third-order valence-electron chi connectivity index (χ3n) is 2.42. The van der Waals surface area contributed by atoms with Gasteiger partial charge in [-0.3, -0.25) is 10.1 Å². The zero-order valence-electron chi connectivity index (χ0n) is 9.66. The summed E-state index contributed by atoms with van der Waals surface area (Å²) in [5.74, 6) is 0.690. The standard InChI is InChI=1S/C12H11N3O3/c1-18-11-5-3-2-4-9(11)10-6-8(15(16)17)7-12(13)14-10/h2-7H,1H3,(H2,13,14). The molecule has 18 heavy (non-hydrogen) atoms. The highest BCUT2D eigenvalue weighted by Crippen LogP contribution is 2.31. The lowest BCUT2D eigenvalue weighted by Gasteiger charge is -2.07. The summed E-state index contributed by atoms with van der Waals surface area (Å²) in [6, 6.07) is 9.72. The Hall–Kier alpha value is -2.63. The molecule has 0 unspecified atom stereocenters. The van der Waals surface area contributed by atoms with Crippen LogP contribution < -0.4 is 10.5 Å². The number of benzene rings is 1. The van der Waals surface area contributed by atoms with E-state index in [1.165, 1.54) is 19.2 Å². The quantitative estimate of drug-likeness (QED) is 0.661. The minimum absolute atomic E-state index is 0.0941. The van der Waals surface area contributed by atoms with Crippen molar-refractivity contribution in [3.63, 3.8) is 0 Å². The van der Waals surface area contributed by atoms with Crippen molar-refractivity contribution in [1.29, 1.82) is 0 Å². The summed E-state index contributed by atoms with van der Waals surface area (Å²) in [5, 5.41) is 10.8. The third-order valence-corrected chi connectivity index (χ3v) is 2.42. The maximum atomic E-state index is 10.8. The number of anilines is 1. The van der Waals surface area contributed by atoms with E-state index < -0.39 is 4.92 Å². The number of pyridine rings is 1. The molecule has 0 aliphatic heterocycles. The Morgan fingerprint density at radius 3 is 2.72 bits per heavy atom. The first-order chi connectivity index (χ1) is 8.61. The molecule has 0 aliphatic rings. The number of para-hydroxylation sites is 1. The van der Waals surface area contributed by atoms with Crippen LogP contribution in [0.2, 0.25) is 0 Å². The van der Waals surface area contributed by atoms with E-state index in [-0.39, 0.29) is 11.5 Å². The lowest BCUT2D eigenvalue weighted by atomic mass is 10.1. The number of hydrogen-bond donors (Lipinski definition) is 1. The fraction of sp³-hybridized carbons (Fsp3) is 0.0833. The van der Waals surface area contributed by atoms with Crippen LogP contribution in [0, 0.1) is 10.1 Å². The highest BCUT2D eigenvalue weighted by Gasteiger charge is 2.13. The van der Waals surface area contributed by atoms with Gasteiger partial charge in [-0.2, -0.15) is 0 Å². The van der Waals surface area contributed by atoms with Crippen LogP contribution in [-0.4, -0.2) is 17.0 Å². The lowest BCUT2D eigenvalue weighted by molar-refractivity contribution is -0.384. The first-order valence-electron chi connectivity index (χ1n) is 5.17. The second kappa shape index (κ2) is 4.70. The first-order valence-corrected chi connectivity index (χ1v) is 5.17. The van der Waals surface area contributed by atoms with Crippen LogP contribution in [0.1, 0.15) is 0 Å². The summed E-state index contributed by atoms with van der Waals surface area (Å²) in [6.07, 6.45) is 0. The number of hydrogen-bond acceptors (Lipinski definition) is 5. The number of nitro groups is 1. The van der Waals surface area contributed by atoms with Crippen molar-refractivity contribution in [2.45, 2.75) is 0 Å². The number of aromatic nitrogens is 1. The lowest BCUT2D eigenvalue weighted by Crippen LogP contribution is -1.97. The molecule has 1 aromatic heterocycles. The van der Waals surface area contributed by atoms with E-state index >= 15 is 0 Å². The molecular formula is C12H11N3O3. The first kappa shape index (κ1) is 11.8. The van der Waals surface area contributed by atoms with Crippen molar-refractivity contribution in [3.05, 3.63) is 46.5 Å². The van der Waals surface area contributed by atoms with Crippen LogP contribution in [0.25, 0.3) is 11.3 Å². The predicted molar refractivity (Wildman–Crippen MR) is 67.3 cm³/mol. The molecule has 0 radical (unpaired) electrons. The van der Waals surface area contributed by atoms with E-state index in [0.29, 0.717) is 17.0 Å². The monoisotopic (exact) mass is 245 g/mol. The molecule has 6 heteroatoms. The molecule has 0 bridgehead atoms. The molecule has 0 aliphatic carbocycles. The van der Waals surface area contributed by atoms with Crippen LogP contribution >= 0.6 is 0 Å². The van der Waals surface area contributed by atoms with Gasteiger partial charge in [0.2, 0.25) is 0 Å². The van der Waals surface area contributed by atoms with Crippen molar-refractivity contribution < 1.29 is 9.66 Å². The number of nitrogens with zero attached hydrogens (tertiary/aromatic N) is 2. The van der Waals surface area contributed by atoms with E-state index in [2.05, 4.69) is 4.98 Å². The Morgan fingerprint density at radius 1 is 1.33 bits per heavy atom. The number of rotatable bonds is 3. The average Bonchev–Trinajstić information content (AvgIpc) is 2.38. The van der Waals surface area contributed by atoms with Crippen LogP contribution in [0.15, 0.2) is 36.4 Å². The smallest absolute Gasteiger partial charge is 0.275 e. The zero-order chi connectivity index (χ0) is 13.1. The van der Waals surface area contributed by atoms with E-state index in [1.807, 2.05) is 6.07 Å². The number of ether oxygens (including phenoxy) is 1. The molecule has 0 saturated heterocycles. The topological polar surface area (TPSA) is 91.3 Å². The molecule has 92 valence electrons. The van der Waals surface area contributed by atoms with Crippen molar-refractivity contribution in [2.24, 2.45) is 0 Å². The summed E-state index contributed by atoms with van der Waals surface area (Å²) >= 11 is 0. The van der Waals surface area contributed by atoms with Crippen molar-refractivity contribution >= 4 is 11.5 Å². The Kier molecular flexibility index (Phi) is 3.09. The molecule has 0 saturated carbocycles. The van der Waals surface area contributed by atoms with Gasteiger partial charge in [0.15, 0.2) is 0 Å². The van der Waals surface area contributed by atoms with E-state index in [9.17, 15) is 10.1 Å². The van der Waals surface area contributed by atoms with Gasteiger partial charge in [0, 0.05) is 11.6 Å². The normalized spacial score (nSPS) is 10.1. The predicted octanol–water partition coefficient (Wildman–Crippen LogP) is 2.25. The van der Waals surface area contributed by atoms with Crippen molar-refractivity contribution in [2.75, 3.05) is 12.8 Å². The molecule has 1 heterocycles. The van der Waals surface area contributed by atoms with Crippen molar-refractivity contribution in [1.82, 2.24) is 4.98 Å². The fourth-order valence-corrected chi connectivity index (χ4v) is 1.64. The van der Waals surface area contributed by atoms with E-state index in [4.69, 9.17) is 10.5 Å². The SMILES string of the molecule is COc1ccccc1-c1cc([N+](=O)[O-])cc(N)n1. The Bertz CT molecular complexity index is 599. The minimum atomic E-state index is -0.503. The summed E-state index contributed by atoms with van der Waals surface area (Å²) < 4.78 is 5.19. The summed E-state index contributed by atoms with van der Waals surface area (Å²) in [7, 11) is 1.53. The van der Waals surface area contributed by atoms with E-state index in [1.54, 1.807) is 18.2 Å². The molecule has 0 fully saturated rings. The molecule has 0 atom stereocenters. The molecule has 2 aromatic rings. The summed E-state index contributed by atoms with van der Waals surface area (Å²) in [5.41, 5.74) is 6.55.